The van der Waals surface area contributed by atoms with Crippen molar-refractivity contribution in [2.24, 2.45) is 0 Å². The van der Waals surface area contributed by atoms with Crippen LogP contribution in [0.25, 0.3) is 12.2 Å². The van der Waals surface area contributed by atoms with Gasteiger partial charge < -0.3 is 10.2 Å². The van der Waals surface area contributed by atoms with E-state index in [9.17, 15) is 5.11 Å². The number of hydrogen-bond donors (Lipinski definition) is 2. The molecule has 0 aliphatic rings. The van der Waals surface area contributed by atoms with Crippen LogP contribution in [-0.4, -0.2) is 10.2 Å². The Bertz CT molecular complexity index is 568. The van der Waals surface area contributed by atoms with Crippen LogP contribution in [0.15, 0.2) is 42.5 Å². The minimum Gasteiger partial charge on any atom is -0.392 e. The number of aliphatic hydroxyl groups is 2. The van der Waals surface area contributed by atoms with Crippen LogP contribution in [-0.2, 0) is 13.2 Å². The summed E-state index contributed by atoms with van der Waals surface area (Å²) < 4.78 is 0. The van der Waals surface area contributed by atoms with E-state index in [0.29, 0.717) is 0 Å². The first-order valence-electron chi connectivity index (χ1n) is 6.31. The van der Waals surface area contributed by atoms with E-state index in [1.54, 1.807) is 0 Å². The molecular weight excluding hydrogens is 236 g/mol. The summed E-state index contributed by atoms with van der Waals surface area (Å²) in [5.41, 5.74) is 5.08. The van der Waals surface area contributed by atoms with Gasteiger partial charge in [0, 0.05) is 0 Å². The number of benzene rings is 2. The fourth-order valence-electron chi connectivity index (χ4n) is 1.95. The Hall–Kier alpha value is -1.90. The zero-order valence-corrected chi connectivity index (χ0v) is 11.0. The summed E-state index contributed by atoms with van der Waals surface area (Å²) in [6, 6.07) is 13.8. The van der Waals surface area contributed by atoms with Gasteiger partial charge in [-0.1, -0.05) is 60.2 Å². The van der Waals surface area contributed by atoms with E-state index in [1.807, 2.05) is 61.5 Å². The van der Waals surface area contributed by atoms with Gasteiger partial charge in [0.2, 0.25) is 0 Å². The molecule has 0 aliphatic heterocycles. The molecule has 0 unspecified atom stereocenters. The highest BCUT2D eigenvalue weighted by Crippen LogP contribution is 2.16. The Kier molecular flexibility index (Phi) is 4.50. The Morgan fingerprint density at radius 1 is 0.895 bits per heavy atom. The largest absolute Gasteiger partial charge is 0.392 e. The molecule has 0 radical (unpaired) electrons. The highest BCUT2D eigenvalue weighted by Gasteiger charge is 1.98. The Labute approximate surface area is 113 Å². The Morgan fingerprint density at radius 2 is 1.63 bits per heavy atom. The molecule has 2 heteroatoms. The molecule has 0 amide bonds. The summed E-state index contributed by atoms with van der Waals surface area (Å²) in [4.78, 5) is 0. The second-order valence-corrected chi connectivity index (χ2v) is 4.59. The zero-order chi connectivity index (χ0) is 13.7. The molecule has 0 aliphatic carbocycles. The normalized spacial score (nSPS) is 11.1. The van der Waals surface area contributed by atoms with Gasteiger partial charge in [-0.3, -0.25) is 0 Å². The third kappa shape index (κ3) is 3.53. The quantitative estimate of drug-likeness (QED) is 0.823. The lowest BCUT2D eigenvalue weighted by molar-refractivity contribution is 0.281. The summed E-state index contributed by atoms with van der Waals surface area (Å²) in [5, 5.41) is 18.3. The third-order valence-electron chi connectivity index (χ3n) is 3.09. The van der Waals surface area contributed by atoms with Crippen LogP contribution in [0.5, 0.6) is 0 Å². The van der Waals surface area contributed by atoms with Crippen molar-refractivity contribution in [3.05, 3.63) is 70.3 Å². The summed E-state index contributed by atoms with van der Waals surface area (Å²) in [5.74, 6) is 0. The summed E-state index contributed by atoms with van der Waals surface area (Å²) >= 11 is 0. The van der Waals surface area contributed by atoms with Gasteiger partial charge in [0.25, 0.3) is 0 Å². The third-order valence-corrected chi connectivity index (χ3v) is 3.09. The van der Waals surface area contributed by atoms with Gasteiger partial charge in [-0.25, -0.2) is 0 Å². The molecule has 98 valence electrons. The number of rotatable bonds is 4. The van der Waals surface area contributed by atoms with E-state index < -0.39 is 0 Å². The lowest BCUT2D eigenvalue weighted by Crippen LogP contribution is -1.89. The monoisotopic (exact) mass is 254 g/mol. The molecule has 2 N–H and O–H groups in total. The highest BCUT2D eigenvalue weighted by atomic mass is 16.3. The van der Waals surface area contributed by atoms with Crippen molar-refractivity contribution in [2.75, 3.05) is 0 Å². The molecule has 0 spiro atoms. The van der Waals surface area contributed by atoms with E-state index in [-0.39, 0.29) is 13.2 Å². The van der Waals surface area contributed by atoms with E-state index in [0.717, 1.165) is 27.8 Å². The van der Waals surface area contributed by atoms with Crippen LogP contribution in [0.1, 0.15) is 27.8 Å². The first-order valence-corrected chi connectivity index (χ1v) is 6.31. The predicted molar refractivity (Wildman–Crippen MR) is 78.4 cm³/mol. The summed E-state index contributed by atoms with van der Waals surface area (Å²) in [6.45, 7) is 2.13. The van der Waals surface area contributed by atoms with Crippen molar-refractivity contribution in [2.45, 2.75) is 20.1 Å². The molecule has 0 aromatic heterocycles. The smallest absolute Gasteiger partial charge is 0.0687 e. The molecule has 2 aromatic carbocycles. The van der Waals surface area contributed by atoms with E-state index >= 15 is 0 Å². The van der Waals surface area contributed by atoms with Gasteiger partial charge in [-0.05, 0) is 29.2 Å². The van der Waals surface area contributed by atoms with Gasteiger partial charge in [-0.15, -0.1) is 0 Å². The van der Waals surface area contributed by atoms with Crippen LogP contribution in [0.4, 0.5) is 0 Å². The minimum atomic E-state index is 0.0464. The van der Waals surface area contributed by atoms with E-state index in [1.165, 1.54) is 0 Å². The molecule has 0 bridgehead atoms. The number of hydrogen-bond acceptors (Lipinski definition) is 2. The molecule has 0 atom stereocenters. The number of aryl methyl sites for hydroxylation is 1. The van der Waals surface area contributed by atoms with E-state index in [2.05, 4.69) is 0 Å². The molecule has 0 heterocycles. The molecular formula is C17H18O2. The van der Waals surface area contributed by atoms with Crippen LogP contribution in [0.3, 0.4) is 0 Å². The second kappa shape index (κ2) is 6.32. The van der Waals surface area contributed by atoms with Gasteiger partial charge in [0.15, 0.2) is 0 Å². The standard InChI is InChI=1S/C17H18O2/c1-13-2-8-16(17(10-13)12-19)9-7-14-3-5-15(11-18)6-4-14/h2-10,18-19H,11-12H2,1H3/b9-7+. The van der Waals surface area contributed by atoms with Gasteiger partial charge in [0.05, 0.1) is 13.2 Å². The zero-order valence-electron chi connectivity index (χ0n) is 11.0. The van der Waals surface area contributed by atoms with E-state index in [4.69, 9.17) is 5.11 Å². The lowest BCUT2D eigenvalue weighted by Gasteiger charge is -2.04. The predicted octanol–water partition coefficient (Wildman–Crippen LogP) is 3.15. The molecule has 0 fully saturated rings. The minimum absolute atomic E-state index is 0.0464. The van der Waals surface area contributed by atoms with Crippen molar-refractivity contribution < 1.29 is 10.2 Å². The van der Waals surface area contributed by atoms with Crippen molar-refractivity contribution in [3.63, 3.8) is 0 Å². The fourth-order valence-corrected chi connectivity index (χ4v) is 1.95. The molecule has 2 aromatic rings. The van der Waals surface area contributed by atoms with Crippen LogP contribution in [0, 0.1) is 6.92 Å². The Morgan fingerprint density at radius 3 is 2.26 bits per heavy atom. The molecule has 19 heavy (non-hydrogen) atoms. The summed E-state index contributed by atoms with van der Waals surface area (Å²) in [6.07, 6.45) is 4.00. The second-order valence-electron chi connectivity index (χ2n) is 4.59. The molecule has 2 nitrogen and oxygen atoms in total. The first-order chi connectivity index (χ1) is 9.22. The highest BCUT2D eigenvalue weighted by molar-refractivity contribution is 5.71. The average Bonchev–Trinajstić information content (AvgIpc) is 2.46. The average molecular weight is 254 g/mol. The Balaban J connectivity index is 2.21. The maximum atomic E-state index is 9.35. The fraction of sp³-hybridized carbons (Fsp3) is 0.176. The molecule has 0 saturated carbocycles. The van der Waals surface area contributed by atoms with Crippen LogP contribution >= 0.6 is 0 Å². The SMILES string of the molecule is Cc1ccc(/C=C/c2ccc(CO)cc2)c(CO)c1. The van der Waals surface area contributed by atoms with Crippen molar-refractivity contribution in [3.8, 4) is 0 Å². The maximum absolute atomic E-state index is 9.35. The lowest BCUT2D eigenvalue weighted by atomic mass is 10.0. The molecule has 2 rings (SSSR count). The van der Waals surface area contributed by atoms with Crippen molar-refractivity contribution >= 4 is 12.2 Å². The summed E-state index contributed by atoms with van der Waals surface area (Å²) in [7, 11) is 0. The van der Waals surface area contributed by atoms with Gasteiger partial charge in [-0.2, -0.15) is 0 Å². The van der Waals surface area contributed by atoms with Crippen molar-refractivity contribution in [1.29, 1.82) is 0 Å². The van der Waals surface area contributed by atoms with Gasteiger partial charge in [0.1, 0.15) is 0 Å². The van der Waals surface area contributed by atoms with Crippen LogP contribution in [0.2, 0.25) is 0 Å². The first kappa shape index (κ1) is 13.5. The van der Waals surface area contributed by atoms with Gasteiger partial charge >= 0.3 is 0 Å². The van der Waals surface area contributed by atoms with Crippen molar-refractivity contribution in [1.82, 2.24) is 0 Å². The topological polar surface area (TPSA) is 40.5 Å². The molecule has 0 saturated heterocycles. The number of aliphatic hydroxyl groups excluding tert-OH is 2. The maximum Gasteiger partial charge on any atom is 0.0687 e. The van der Waals surface area contributed by atoms with Crippen LogP contribution < -0.4 is 0 Å².